The predicted octanol–water partition coefficient (Wildman–Crippen LogP) is 4.92. The van der Waals surface area contributed by atoms with Gasteiger partial charge in [0.15, 0.2) is 6.61 Å². The minimum atomic E-state index is -0.334. The van der Waals surface area contributed by atoms with Gasteiger partial charge in [-0.05, 0) is 56.2 Å². The van der Waals surface area contributed by atoms with E-state index in [9.17, 15) is 9.59 Å². The Labute approximate surface area is 185 Å². The van der Waals surface area contributed by atoms with Gasteiger partial charge in [-0.2, -0.15) is 0 Å². The highest BCUT2D eigenvalue weighted by Gasteiger charge is 2.26. The smallest absolute Gasteiger partial charge is 0.338 e. The number of carbonyl (C=O) groups is 2. The maximum atomic E-state index is 12.7. The molecule has 0 saturated heterocycles. The van der Waals surface area contributed by atoms with Gasteiger partial charge in [0, 0.05) is 10.4 Å². The third-order valence-corrected chi connectivity index (χ3v) is 5.93. The molecule has 31 heavy (non-hydrogen) atoms. The molecule has 0 radical (unpaired) electrons. The van der Waals surface area contributed by atoms with Gasteiger partial charge in [-0.25, -0.2) is 9.78 Å². The Morgan fingerprint density at radius 2 is 1.97 bits per heavy atom. The van der Waals surface area contributed by atoms with E-state index in [2.05, 4.69) is 4.98 Å². The van der Waals surface area contributed by atoms with Gasteiger partial charge in [0.2, 0.25) is 0 Å². The maximum Gasteiger partial charge on any atom is 0.338 e. The van der Waals surface area contributed by atoms with Gasteiger partial charge in [0.05, 0.1) is 35.1 Å². The summed E-state index contributed by atoms with van der Waals surface area (Å²) in [5.41, 5.74) is 4.03. The largest absolute Gasteiger partial charge is 0.482 e. The van der Waals surface area contributed by atoms with Crippen LogP contribution in [0, 0.1) is 13.8 Å². The molecule has 7 heteroatoms. The Morgan fingerprint density at radius 3 is 2.65 bits per heavy atom. The molecule has 0 saturated carbocycles. The molecule has 1 amide bonds. The summed E-state index contributed by atoms with van der Waals surface area (Å²) in [6.07, 6.45) is 0.782. The summed E-state index contributed by atoms with van der Waals surface area (Å²) >= 11 is 1.65. The highest BCUT2D eigenvalue weighted by Crippen LogP contribution is 2.38. The normalized spacial score (nSPS) is 13.0. The topological polar surface area (TPSA) is 68.7 Å². The maximum absolute atomic E-state index is 12.7. The lowest BCUT2D eigenvalue weighted by Gasteiger charge is -2.30. The lowest BCUT2D eigenvalue weighted by Crippen LogP contribution is -2.38. The van der Waals surface area contributed by atoms with E-state index in [-0.39, 0.29) is 18.5 Å². The van der Waals surface area contributed by atoms with Crippen LogP contribution < -0.4 is 9.64 Å². The van der Waals surface area contributed by atoms with E-state index >= 15 is 0 Å². The molecular formula is C24H24N2O4S. The van der Waals surface area contributed by atoms with Crippen LogP contribution in [0.15, 0.2) is 42.5 Å². The van der Waals surface area contributed by atoms with E-state index in [1.54, 1.807) is 28.4 Å². The number of aryl methyl sites for hydroxylation is 2. The zero-order valence-corrected chi connectivity index (χ0v) is 18.6. The van der Waals surface area contributed by atoms with Gasteiger partial charge in [-0.1, -0.05) is 19.1 Å². The fourth-order valence-electron chi connectivity index (χ4n) is 3.53. The zero-order chi connectivity index (χ0) is 22.0. The summed E-state index contributed by atoms with van der Waals surface area (Å²) in [7, 11) is 0. The first-order valence-corrected chi connectivity index (χ1v) is 11.1. The van der Waals surface area contributed by atoms with Gasteiger partial charge in [0.25, 0.3) is 5.91 Å². The zero-order valence-electron chi connectivity index (χ0n) is 17.8. The Hall–Kier alpha value is -3.19. The summed E-state index contributed by atoms with van der Waals surface area (Å²) in [4.78, 5) is 32.2. The molecule has 2 aromatic carbocycles. The molecule has 160 valence electrons. The third-order valence-electron chi connectivity index (χ3n) is 5.05. The molecule has 0 unspecified atom stereocenters. The second-order valence-corrected chi connectivity index (χ2v) is 8.83. The molecular weight excluding hydrogens is 412 g/mol. The number of aromatic nitrogens is 1. The van der Waals surface area contributed by atoms with Crippen LogP contribution in [0.1, 0.15) is 39.2 Å². The number of rotatable bonds is 6. The minimum absolute atomic E-state index is 0.00259. The van der Waals surface area contributed by atoms with Crippen molar-refractivity contribution in [2.24, 2.45) is 0 Å². The van der Waals surface area contributed by atoms with Crippen molar-refractivity contribution in [1.82, 2.24) is 4.98 Å². The first-order valence-electron chi connectivity index (χ1n) is 10.2. The van der Waals surface area contributed by atoms with E-state index in [4.69, 9.17) is 9.47 Å². The average Bonchev–Trinajstić information content (AvgIpc) is 3.12. The highest BCUT2D eigenvalue weighted by atomic mass is 32.1. The van der Waals surface area contributed by atoms with Crippen LogP contribution in [0.3, 0.4) is 0 Å². The second kappa shape index (κ2) is 8.89. The van der Waals surface area contributed by atoms with Crippen molar-refractivity contribution in [3.8, 4) is 17.0 Å². The molecule has 1 aliphatic rings. The van der Waals surface area contributed by atoms with Crippen molar-refractivity contribution < 1.29 is 19.1 Å². The van der Waals surface area contributed by atoms with Gasteiger partial charge < -0.3 is 14.4 Å². The number of hydrogen-bond donors (Lipinski definition) is 0. The molecule has 3 aromatic rings. The van der Waals surface area contributed by atoms with Crippen molar-refractivity contribution in [1.29, 1.82) is 0 Å². The van der Waals surface area contributed by atoms with Crippen molar-refractivity contribution >= 4 is 28.9 Å². The summed E-state index contributed by atoms with van der Waals surface area (Å²) in [6, 6.07) is 13.0. The van der Waals surface area contributed by atoms with Crippen LogP contribution >= 0.6 is 11.3 Å². The van der Waals surface area contributed by atoms with E-state index < -0.39 is 0 Å². The lowest BCUT2D eigenvalue weighted by atomic mass is 10.1. The monoisotopic (exact) mass is 436 g/mol. The number of benzene rings is 2. The molecule has 0 atom stereocenters. The van der Waals surface area contributed by atoms with Crippen molar-refractivity contribution in [2.75, 3.05) is 18.1 Å². The van der Waals surface area contributed by atoms with Crippen LogP contribution in [0.4, 0.5) is 5.69 Å². The van der Waals surface area contributed by atoms with Crippen LogP contribution in [0.5, 0.6) is 5.75 Å². The number of anilines is 1. The third kappa shape index (κ3) is 4.46. The minimum Gasteiger partial charge on any atom is -0.482 e. The molecule has 0 N–H and O–H groups in total. The number of fused-ring (bicyclic) bond motifs is 1. The Balaban J connectivity index is 1.60. The molecule has 0 aliphatic carbocycles. The quantitative estimate of drug-likeness (QED) is 0.513. The Bertz CT molecular complexity index is 1120. The number of hydrogen-bond acceptors (Lipinski definition) is 6. The molecule has 6 nitrogen and oxygen atoms in total. The summed E-state index contributed by atoms with van der Waals surface area (Å²) in [5, 5.41) is 1.01. The van der Waals surface area contributed by atoms with Gasteiger partial charge in [-0.15, -0.1) is 11.3 Å². The number of esters is 1. The number of carbonyl (C=O) groups excluding carboxylic acids is 2. The number of nitrogens with zero attached hydrogens (tertiary/aromatic N) is 2. The van der Waals surface area contributed by atoms with Gasteiger partial charge in [-0.3, -0.25) is 4.79 Å². The van der Waals surface area contributed by atoms with Crippen LogP contribution in [-0.2, 0) is 16.1 Å². The molecule has 0 fully saturated rings. The van der Waals surface area contributed by atoms with Crippen molar-refractivity contribution in [3.05, 3.63) is 63.5 Å². The predicted molar refractivity (Wildman–Crippen MR) is 121 cm³/mol. The first kappa shape index (κ1) is 21.1. The first-order chi connectivity index (χ1) is 15.0. The molecule has 4 rings (SSSR count). The molecule has 1 aromatic heterocycles. The molecule has 2 heterocycles. The standard InChI is InChI=1S/C24H24N2O4S/c1-4-11-29-24(28)18-7-5-17(6-8-18)13-26-20-12-19(23-15(2)31-16(3)25-23)9-10-21(20)30-14-22(26)27/h5-10,12H,4,11,13-14H2,1-3H3. The van der Waals surface area contributed by atoms with Gasteiger partial charge in [0.1, 0.15) is 5.75 Å². The SMILES string of the molecule is CCCOC(=O)c1ccc(CN2C(=O)COc3ccc(-c4nc(C)sc4C)cc32)cc1. The van der Waals surface area contributed by atoms with Crippen molar-refractivity contribution in [3.63, 3.8) is 0 Å². The highest BCUT2D eigenvalue weighted by molar-refractivity contribution is 7.11. The summed E-state index contributed by atoms with van der Waals surface area (Å²) in [5.74, 6) is 0.231. The lowest BCUT2D eigenvalue weighted by molar-refractivity contribution is -0.121. The molecule has 1 aliphatic heterocycles. The average molecular weight is 437 g/mol. The fourth-order valence-corrected chi connectivity index (χ4v) is 4.37. The summed E-state index contributed by atoms with van der Waals surface area (Å²) < 4.78 is 10.8. The van der Waals surface area contributed by atoms with Gasteiger partial charge >= 0.3 is 5.97 Å². The summed E-state index contributed by atoms with van der Waals surface area (Å²) in [6.45, 7) is 6.78. The Morgan fingerprint density at radius 1 is 1.19 bits per heavy atom. The van der Waals surface area contributed by atoms with Crippen LogP contribution in [-0.4, -0.2) is 30.1 Å². The van der Waals surface area contributed by atoms with Crippen LogP contribution in [0.25, 0.3) is 11.3 Å². The van der Waals surface area contributed by atoms with E-state index in [0.717, 1.165) is 38.8 Å². The number of thiazole rings is 1. The molecule has 0 bridgehead atoms. The van der Waals surface area contributed by atoms with E-state index in [1.807, 2.05) is 51.1 Å². The Kier molecular flexibility index (Phi) is 6.04. The second-order valence-electron chi connectivity index (χ2n) is 7.42. The molecule has 0 spiro atoms. The number of ether oxygens (including phenoxy) is 2. The van der Waals surface area contributed by atoms with E-state index in [1.165, 1.54) is 0 Å². The fraction of sp³-hybridized carbons (Fsp3) is 0.292. The van der Waals surface area contributed by atoms with Crippen molar-refractivity contribution in [2.45, 2.75) is 33.7 Å². The van der Waals surface area contributed by atoms with Crippen LogP contribution in [0.2, 0.25) is 0 Å². The number of amides is 1. The van der Waals surface area contributed by atoms with E-state index in [0.29, 0.717) is 24.5 Å².